The van der Waals surface area contributed by atoms with E-state index in [2.05, 4.69) is 23.8 Å². The molecule has 1 aromatic carbocycles. The van der Waals surface area contributed by atoms with Crippen molar-refractivity contribution in [3.8, 4) is 0 Å². The summed E-state index contributed by atoms with van der Waals surface area (Å²) in [4.78, 5) is 25.2. The Balaban J connectivity index is 2.55. The van der Waals surface area contributed by atoms with Gasteiger partial charge in [-0.25, -0.2) is 0 Å². The van der Waals surface area contributed by atoms with Gasteiger partial charge in [0.2, 0.25) is 11.8 Å². The van der Waals surface area contributed by atoms with Gasteiger partial charge in [0, 0.05) is 30.9 Å². The largest absolute Gasteiger partial charge is 0.326 e. The predicted octanol–water partition coefficient (Wildman–Crippen LogP) is 2.65. The monoisotopic (exact) mass is 301 g/mol. The molecule has 22 heavy (non-hydrogen) atoms. The minimum atomic E-state index is -0.103. The number of nitrogens with one attached hydrogen (secondary N) is 2. The number of nitrogens with zero attached hydrogens (tertiary/aromatic N) is 1. The third-order valence-corrected chi connectivity index (χ3v) is 2.92. The predicted molar refractivity (Wildman–Crippen MR) is 90.8 cm³/mol. The summed E-state index contributed by atoms with van der Waals surface area (Å²) in [6, 6.07) is 7.03. The van der Waals surface area contributed by atoms with E-state index in [0.717, 1.165) is 0 Å². The van der Waals surface area contributed by atoms with Gasteiger partial charge in [0.05, 0.1) is 6.54 Å². The van der Waals surface area contributed by atoms with E-state index in [0.29, 0.717) is 30.9 Å². The zero-order chi connectivity index (χ0) is 16.4. The van der Waals surface area contributed by atoms with Crippen molar-refractivity contribution in [2.45, 2.75) is 13.3 Å². The molecule has 1 aromatic rings. The van der Waals surface area contributed by atoms with Crippen LogP contribution in [0.25, 0.3) is 0 Å². The molecule has 0 aliphatic heterocycles. The molecule has 0 aliphatic carbocycles. The molecule has 0 saturated heterocycles. The molecule has 0 unspecified atom stereocenters. The third-order valence-electron chi connectivity index (χ3n) is 2.92. The first-order valence-electron chi connectivity index (χ1n) is 7.23. The number of carbonyl (C=O) groups is 2. The Labute approximate surface area is 131 Å². The van der Waals surface area contributed by atoms with Crippen LogP contribution in [0.4, 0.5) is 11.4 Å². The molecule has 0 saturated carbocycles. The molecule has 2 N–H and O–H groups in total. The first kappa shape index (κ1) is 17.7. The molecule has 0 radical (unpaired) electrons. The van der Waals surface area contributed by atoms with Gasteiger partial charge in [0.1, 0.15) is 0 Å². The average molecular weight is 301 g/mol. The fraction of sp³-hybridized carbons (Fsp3) is 0.294. The van der Waals surface area contributed by atoms with Gasteiger partial charge in [0.25, 0.3) is 0 Å². The lowest BCUT2D eigenvalue weighted by atomic mass is 10.2. The lowest BCUT2D eigenvalue weighted by Gasteiger charge is -2.18. The molecular formula is C17H23N3O2. The summed E-state index contributed by atoms with van der Waals surface area (Å²) in [5.74, 6) is -0.143. The maximum Gasteiger partial charge on any atom is 0.238 e. The second-order valence-electron chi connectivity index (χ2n) is 4.80. The van der Waals surface area contributed by atoms with E-state index in [1.807, 2.05) is 4.90 Å². The highest BCUT2D eigenvalue weighted by Crippen LogP contribution is 2.13. The van der Waals surface area contributed by atoms with Gasteiger partial charge in [-0.15, -0.1) is 13.2 Å². The number of benzene rings is 1. The van der Waals surface area contributed by atoms with Crippen molar-refractivity contribution in [2.75, 3.05) is 30.3 Å². The van der Waals surface area contributed by atoms with Crippen molar-refractivity contribution in [3.63, 3.8) is 0 Å². The first-order chi connectivity index (χ1) is 10.6. The highest BCUT2D eigenvalue weighted by Gasteiger charge is 2.08. The Kier molecular flexibility index (Phi) is 7.64. The van der Waals surface area contributed by atoms with Crippen molar-refractivity contribution < 1.29 is 9.59 Å². The highest BCUT2D eigenvalue weighted by molar-refractivity contribution is 5.93. The minimum Gasteiger partial charge on any atom is -0.326 e. The summed E-state index contributed by atoms with van der Waals surface area (Å²) in [5.41, 5.74) is 1.40. The van der Waals surface area contributed by atoms with Crippen LogP contribution in [0.3, 0.4) is 0 Å². The Bertz CT molecular complexity index is 513. The number of anilines is 2. The van der Waals surface area contributed by atoms with Gasteiger partial charge in [-0.1, -0.05) is 19.1 Å². The molecule has 0 fully saturated rings. The molecule has 0 aliphatic rings. The Morgan fingerprint density at radius 2 is 1.45 bits per heavy atom. The standard InChI is InChI=1S/C17H23N3O2/c1-4-11-20(12-5-2)13-17(22)19-15-9-7-14(8-10-15)18-16(21)6-3/h4-5,7-10H,1-2,6,11-13H2,3H3,(H,18,21)(H,19,22). The SMILES string of the molecule is C=CCN(CC=C)CC(=O)Nc1ccc(NC(=O)CC)cc1. The smallest absolute Gasteiger partial charge is 0.238 e. The molecule has 0 atom stereocenters. The summed E-state index contributed by atoms with van der Waals surface area (Å²) < 4.78 is 0. The average Bonchev–Trinajstić information content (AvgIpc) is 2.49. The molecule has 0 spiro atoms. The minimum absolute atomic E-state index is 0.0405. The number of hydrogen-bond donors (Lipinski definition) is 2. The molecule has 5 nitrogen and oxygen atoms in total. The fourth-order valence-electron chi connectivity index (χ4n) is 1.86. The van der Waals surface area contributed by atoms with Gasteiger partial charge in [-0.05, 0) is 24.3 Å². The number of rotatable bonds is 9. The zero-order valence-corrected chi connectivity index (χ0v) is 13.0. The van der Waals surface area contributed by atoms with Crippen LogP contribution in [0.2, 0.25) is 0 Å². The normalized spacial score (nSPS) is 10.1. The lowest BCUT2D eigenvalue weighted by Crippen LogP contribution is -2.33. The van der Waals surface area contributed by atoms with E-state index >= 15 is 0 Å². The molecule has 1 rings (SSSR count). The van der Waals surface area contributed by atoms with Crippen LogP contribution in [-0.4, -0.2) is 36.3 Å². The second kappa shape index (κ2) is 9.52. The van der Waals surface area contributed by atoms with Crippen molar-refractivity contribution in [1.29, 1.82) is 0 Å². The van der Waals surface area contributed by atoms with E-state index in [9.17, 15) is 9.59 Å². The molecule has 118 valence electrons. The summed E-state index contributed by atoms with van der Waals surface area (Å²) >= 11 is 0. The van der Waals surface area contributed by atoms with Crippen LogP contribution in [0.15, 0.2) is 49.6 Å². The van der Waals surface area contributed by atoms with Gasteiger partial charge < -0.3 is 10.6 Å². The third kappa shape index (κ3) is 6.37. The van der Waals surface area contributed by atoms with Crippen LogP contribution in [-0.2, 0) is 9.59 Å². The number of carbonyl (C=O) groups excluding carboxylic acids is 2. The van der Waals surface area contributed by atoms with Gasteiger partial charge >= 0.3 is 0 Å². The molecule has 2 amide bonds. The summed E-state index contributed by atoms with van der Waals surface area (Å²) in [5, 5.41) is 5.58. The molecule has 0 bridgehead atoms. The summed E-state index contributed by atoms with van der Waals surface area (Å²) in [6.45, 7) is 10.7. The maximum absolute atomic E-state index is 12.0. The number of amides is 2. The van der Waals surface area contributed by atoms with Crippen molar-refractivity contribution in [1.82, 2.24) is 4.90 Å². The first-order valence-corrected chi connectivity index (χ1v) is 7.23. The second-order valence-corrected chi connectivity index (χ2v) is 4.80. The number of hydrogen-bond acceptors (Lipinski definition) is 3. The van der Waals surface area contributed by atoms with Gasteiger partial charge in [-0.3, -0.25) is 14.5 Å². The topological polar surface area (TPSA) is 61.4 Å². The van der Waals surface area contributed by atoms with Gasteiger partial charge in [-0.2, -0.15) is 0 Å². The van der Waals surface area contributed by atoms with Crippen LogP contribution in [0, 0.1) is 0 Å². The van der Waals surface area contributed by atoms with E-state index in [4.69, 9.17) is 0 Å². The quantitative estimate of drug-likeness (QED) is 0.689. The molecule has 5 heteroatoms. The van der Waals surface area contributed by atoms with E-state index in [1.54, 1.807) is 43.3 Å². The summed E-state index contributed by atoms with van der Waals surface area (Å²) in [6.07, 6.45) is 3.94. The fourth-order valence-corrected chi connectivity index (χ4v) is 1.86. The lowest BCUT2D eigenvalue weighted by molar-refractivity contribution is -0.117. The van der Waals surface area contributed by atoms with Crippen molar-refractivity contribution in [2.24, 2.45) is 0 Å². The van der Waals surface area contributed by atoms with Crippen molar-refractivity contribution in [3.05, 3.63) is 49.6 Å². The van der Waals surface area contributed by atoms with E-state index < -0.39 is 0 Å². The van der Waals surface area contributed by atoms with Crippen LogP contribution < -0.4 is 10.6 Å². The van der Waals surface area contributed by atoms with Gasteiger partial charge in [0.15, 0.2) is 0 Å². The zero-order valence-electron chi connectivity index (χ0n) is 13.0. The Hall–Kier alpha value is -2.40. The molecule has 0 heterocycles. The van der Waals surface area contributed by atoms with Crippen LogP contribution in [0.5, 0.6) is 0 Å². The maximum atomic E-state index is 12.0. The van der Waals surface area contributed by atoms with E-state index in [1.165, 1.54) is 0 Å². The Morgan fingerprint density at radius 1 is 1.00 bits per heavy atom. The van der Waals surface area contributed by atoms with E-state index in [-0.39, 0.29) is 18.4 Å². The molecular weight excluding hydrogens is 278 g/mol. The highest BCUT2D eigenvalue weighted by atomic mass is 16.2. The van der Waals surface area contributed by atoms with Crippen LogP contribution in [0.1, 0.15) is 13.3 Å². The van der Waals surface area contributed by atoms with Crippen molar-refractivity contribution >= 4 is 23.2 Å². The summed E-state index contributed by atoms with van der Waals surface area (Å²) in [7, 11) is 0. The van der Waals surface area contributed by atoms with Crippen LogP contribution >= 0.6 is 0 Å². The Morgan fingerprint density at radius 3 is 1.86 bits per heavy atom. The molecule has 0 aromatic heterocycles.